The molecule has 1 atom stereocenters. The molecule has 5 nitrogen and oxygen atoms in total. The molecule has 0 aromatic rings. The van der Waals surface area contributed by atoms with Gasteiger partial charge in [-0.25, -0.2) is 5.48 Å². The minimum absolute atomic E-state index is 0.0382. The molecule has 0 spiro atoms. The number of hydrogen-bond acceptors (Lipinski definition) is 3. The molecule has 0 bridgehead atoms. The highest BCUT2D eigenvalue weighted by atomic mass is 16.6. The molecule has 0 aromatic heterocycles. The molecule has 1 aliphatic rings. The Morgan fingerprint density at radius 1 is 1.64 bits per heavy atom. The Kier molecular flexibility index (Phi) is 3.46. The third kappa shape index (κ3) is 2.23. The largest absolute Gasteiger partial charge is 0.339 e. The standard InChI is InChI=1S/C9H16N2O3/c1-6(2)11-5-7(4-8(11)12)9(13)10-14-3/h6-7H,4-5H2,1-3H3,(H,10,13). The molecule has 1 rings (SSSR count). The Labute approximate surface area is 83.4 Å². The minimum atomic E-state index is -0.273. The Balaban J connectivity index is 2.54. The zero-order valence-electron chi connectivity index (χ0n) is 8.74. The zero-order valence-corrected chi connectivity index (χ0v) is 8.74. The summed E-state index contributed by atoms with van der Waals surface area (Å²) < 4.78 is 0. The Morgan fingerprint density at radius 3 is 2.71 bits per heavy atom. The SMILES string of the molecule is CONC(=O)C1CC(=O)N(C(C)C)C1. The van der Waals surface area contributed by atoms with Gasteiger partial charge in [0, 0.05) is 19.0 Å². The lowest BCUT2D eigenvalue weighted by atomic mass is 10.1. The topological polar surface area (TPSA) is 58.6 Å². The first kappa shape index (κ1) is 11.0. The van der Waals surface area contributed by atoms with Crippen LogP contribution in [0.15, 0.2) is 0 Å². The smallest absolute Gasteiger partial charge is 0.248 e. The van der Waals surface area contributed by atoms with Crippen LogP contribution in [0.5, 0.6) is 0 Å². The fourth-order valence-corrected chi connectivity index (χ4v) is 1.59. The quantitative estimate of drug-likeness (QED) is 0.648. The second-order valence-electron chi connectivity index (χ2n) is 3.71. The first-order valence-electron chi connectivity index (χ1n) is 4.68. The third-order valence-corrected chi connectivity index (χ3v) is 2.36. The van der Waals surface area contributed by atoms with Crippen LogP contribution >= 0.6 is 0 Å². The number of amides is 2. The van der Waals surface area contributed by atoms with E-state index >= 15 is 0 Å². The molecule has 1 heterocycles. The second-order valence-corrected chi connectivity index (χ2v) is 3.71. The number of nitrogens with one attached hydrogen (secondary N) is 1. The van der Waals surface area contributed by atoms with E-state index in [9.17, 15) is 9.59 Å². The van der Waals surface area contributed by atoms with Crippen LogP contribution in [0, 0.1) is 5.92 Å². The Hall–Kier alpha value is -1.10. The van der Waals surface area contributed by atoms with Crippen molar-refractivity contribution >= 4 is 11.8 Å². The zero-order chi connectivity index (χ0) is 10.7. The van der Waals surface area contributed by atoms with Crippen molar-refractivity contribution in [1.29, 1.82) is 0 Å². The number of likely N-dealkylation sites (tertiary alicyclic amines) is 1. The number of nitrogens with zero attached hydrogens (tertiary/aromatic N) is 1. The molecule has 80 valence electrons. The van der Waals surface area contributed by atoms with Crippen LogP contribution in [-0.2, 0) is 14.4 Å². The number of carbonyl (C=O) groups is 2. The molecule has 1 fully saturated rings. The molecule has 0 aliphatic carbocycles. The maximum Gasteiger partial charge on any atom is 0.248 e. The van der Waals surface area contributed by atoms with Gasteiger partial charge in [-0.1, -0.05) is 0 Å². The molecule has 0 radical (unpaired) electrons. The number of carbonyl (C=O) groups excluding carboxylic acids is 2. The lowest BCUT2D eigenvalue weighted by molar-refractivity contribution is -0.135. The summed E-state index contributed by atoms with van der Waals surface area (Å²) in [5.41, 5.74) is 2.25. The summed E-state index contributed by atoms with van der Waals surface area (Å²) in [4.78, 5) is 29.0. The van der Waals surface area contributed by atoms with E-state index in [0.29, 0.717) is 6.54 Å². The summed E-state index contributed by atoms with van der Waals surface area (Å²) in [5, 5.41) is 0. The molecule has 1 saturated heterocycles. The summed E-state index contributed by atoms with van der Waals surface area (Å²) >= 11 is 0. The molecular weight excluding hydrogens is 184 g/mol. The van der Waals surface area contributed by atoms with E-state index in [0.717, 1.165) is 0 Å². The van der Waals surface area contributed by atoms with Gasteiger partial charge in [0.15, 0.2) is 0 Å². The monoisotopic (exact) mass is 200 g/mol. The predicted molar refractivity (Wildman–Crippen MR) is 50.1 cm³/mol. The molecule has 1 N–H and O–H groups in total. The second kappa shape index (κ2) is 4.41. The molecule has 5 heteroatoms. The van der Waals surface area contributed by atoms with Gasteiger partial charge >= 0.3 is 0 Å². The van der Waals surface area contributed by atoms with Crippen LogP contribution in [-0.4, -0.2) is 36.4 Å². The van der Waals surface area contributed by atoms with Crippen molar-refractivity contribution in [3.05, 3.63) is 0 Å². The minimum Gasteiger partial charge on any atom is -0.339 e. The van der Waals surface area contributed by atoms with Crippen molar-refractivity contribution in [2.45, 2.75) is 26.3 Å². The van der Waals surface area contributed by atoms with Gasteiger partial charge in [0.25, 0.3) is 0 Å². The molecule has 0 saturated carbocycles. The van der Waals surface area contributed by atoms with E-state index < -0.39 is 0 Å². The van der Waals surface area contributed by atoms with Crippen LogP contribution in [0.4, 0.5) is 0 Å². The highest BCUT2D eigenvalue weighted by Gasteiger charge is 2.35. The summed E-state index contributed by atoms with van der Waals surface area (Å²) in [7, 11) is 1.38. The lowest BCUT2D eigenvalue weighted by Crippen LogP contribution is -2.35. The molecule has 1 aliphatic heterocycles. The van der Waals surface area contributed by atoms with Crippen LogP contribution < -0.4 is 5.48 Å². The fraction of sp³-hybridized carbons (Fsp3) is 0.778. The molecular formula is C9H16N2O3. The van der Waals surface area contributed by atoms with E-state index in [1.165, 1.54) is 7.11 Å². The molecule has 2 amide bonds. The van der Waals surface area contributed by atoms with Crippen molar-refractivity contribution in [3.8, 4) is 0 Å². The van der Waals surface area contributed by atoms with Gasteiger partial charge in [-0.15, -0.1) is 0 Å². The average molecular weight is 200 g/mol. The van der Waals surface area contributed by atoms with Crippen molar-refractivity contribution in [1.82, 2.24) is 10.4 Å². The maximum atomic E-state index is 11.4. The first-order valence-corrected chi connectivity index (χ1v) is 4.68. The maximum absolute atomic E-state index is 11.4. The van der Waals surface area contributed by atoms with Gasteiger partial charge in [-0.2, -0.15) is 0 Å². The van der Waals surface area contributed by atoms with Gasteiger partial charge in [0.2, 0.25) is 11.8 Å². The van der Waals surface area contributed by atoms with E-state index in [-0.39, 0.29) is 30.2 Å². The van der Waals surface area contributed by atoms with Crippen LogP contribution in [0.25, 0.3) is 0 Å². The van der Waals surface area contributed by atoms with Crippen LogP contribution in [0.2, 0.25) is 0 Å². The summed E-state index contributed by atoms with van der Waals surface area (Å²) in [6.07, 6.45) is 0.285. The van der Waals surface area contributed by atoms with Gasteiger partial charge in [0.1, 0.15) is 0 Å². The van der Waals surface area contributed by atoms with Crippen molar-refractivity contribution in [2.24, 2.45) is 5.92 Å². The van der Waals surface area contributed by atoms with Crippen molar-refractivity contribution in [2.75, 3.05) is 13.7 Å². The van der Waals surface area contributed by atoms with E-state index in [1.54, 1.807) is 4.90 Å². The Morgan fingerprint density at radius 2 is 2.29 bits per heavy atom. The predicted octanol–water partition coefficient (Wildman–Crippen LogP) is -0.0791. The molecule has 1 unspecified atom stereocenters. The highest BCUT2D eigenvalue weighted by Crippen LogP contribution is 2.19. The normalized spacial score (nSPS) is 21.9. The van der Waals surface area contributed by atoms with E-state index in [1.807, 2.05) is 13.8 Å². The van der Waals surface area contributed by atoms with Crippen molar-refractivity contribution < 1.29 is 14.4 Å². The molecule has 14 heavy (non-hydrogen) atoms. The van der Waals surface area contributed by atoms with Gasteiger partial charge in [-0.05, 0) is 13.8 Å². The van der Waals surface area contributed by atoms with Crippen molar-refractivity contribution in [3.63, 3.8) is 0 Å². The first-order chi connectivity index (χ1) is 6.56. The number of hydrogen-bond donors (Lipinski definition) is 1. The fourth-order valence-electron chi connectivity index (χ4n) is 1.59. The van der Waals surface area contributed by atoms with Gasteiger partial charge < -0.3 is 4.90 Å². The highest BCUT2D eigenvalue weighted by molar-refractivity contribution is 5.88. The summed E-state index contributed by atoms with van der Waals surface area (Å²) in [6, 6.07) is 0.155. The van der Waals surface area contributed by atoms with E-state index in [2.05, 4.69) is 10.3 Å². The van der Waals surface area contributed by atoms with Crippen LogP contribution in [0.3, 0.4) is 0 Å². The van der Waals surface area contributed by atoms with Gasteiger partial charge in [0.05, 0.1) is 13.0 Å². The van der Waals surface area contributed by atoms with Crippen LogP contribution in [0.1, 0.15) is 20.3 Å². The Bertz CT molecular complexity index is 240. The third-order valence-electron chi connectivity index (χ3n) is 2.36. The lowest BCUT2D eigenvalue weighted by Gasteiger charge is -2.20. The number of rotatable bonds is 3. The average Bonchev–Trinajstić information content (AvgIpc) is 2.48. The molecule has 0 aromatic carbocycles. The summed E-state index contributed by atoms with van der Waals surface area (Å²) in [5.74, 6) is -0.454. The number of hydroxylamine groups is 1. The summed E-state index contributed by atoms with van der Waals surface area (Å²) in [6.45, 7) is 4.37. The van der Waals surface area contributed by atoms with E-state index in [4.69, 9.17) is 0 Å². The van der Waals surface area contributed by atoms with Gasteiger partial charge in [-0.3, -0.25) is 14.4 Å².